The van der Waals surface area contributed by atoms with E-state index in [0.29, 0.717) is 6.04 Å². The average molecular weight is 312 g/mol. The predicted molar refractivity (Wildman–Crippen MR) is 79.8 cm³/mol. The maximum atomic E-state index is 12.1. The molecule has 0 heterocycles. The van der Waals surface area contributed by atoms with E-state index in [0.717, 1.165) is 29.3 Å². The van der Waals surface area contributed by atoms with Crippen LogP contribution < -0.4 is 5.32 Å². The van der Waals surface area contributed by atoms with Crippen LogP contribution in [0.3, 0.4) is 0 Å². The zero-order valence-corrected chi connectivity index (χ0v) is 12.8. The molecule has 1 rings (SSSR count). The number of amides is 1. The monoisotopic (exact) mass is 311 g/mol. The molecule has 18 heavy (non-hydrogen) atoms. The van der Waals surface area contributed by atoms with E-state index in [2.05, 4.69) is 35.1 Å². The minimum absolute atomic E-state index is 0.0389. The van der Waals surface area contributed by atoms with Crippen LogP contribution in [0.1, 0.15) is 56.3 Å². The number of nitrogens with one attached hydrogen (secondary N) is 1. The molecule has 3 heteroatoms. The van der Waals surface area contributed by atoms with Gasteiger partial charge in [-0.2, -0.15) is 0 Å². The summed E-state index contributed by atoms with van der Waals surface area (Å²) in [4.78, 5) is 12.1. The number of carbonyl (C=O) groups excluding carboxylic acids is 1. The molecule has 1 aromatic rings. The van der Waals surface area contributed by atoms with Gasteiger partial charge in [-0.1, -0.05) is 49.0 Å². The van der Waals surface area contributed by atoms with Crippen molar-refractivity contribution in [3.63, 3.8) is 0 Å². The number of unbranched alkanes of at least 4 members (excludes halogenated alkanes) is 1. The molecule has 100 valence electrons. The van der Waals surface area contributed by atoms with Crippen molar-refractivity contribution in [3.8, 4) is 0 Å². The molecule has 0 saturated heterocycles. The molecule has 0 radical (unpaired) electrons. The molecule has 0 spiro atoms. The number of carbonyl (C=O) groups is 1. The first-order chi connectivity index (χ1) is 8.67. The van der Waals surface area contributed by atoms with Crippen LogP contribution in [0.2, 0.25) is 0 Å². The summed E-state index contributed by atoms with van der Waals surface area (Å²) in [7, 11) is 0. The molecule has 0 aliphatic heterocycles. The van der Waals surface area contributed by atoms with Gasteiger partial charge in [0.15, 0.2) is 0 Å². The van der Waals surface area contributed by atoms with Gasteiger partial charge in [0.1, 0.15) is 0 Å². The van der Waals surface area contributed by atoms with Crippen LogP contribution in [0, 0.1) is 0 Å². The molecule has 1 aromatic carbocycles. The SMILES string of the molecule is CCCCC(CCC)NC(=O)c1ccc(Br)cc1. The lowest BCUT2D eigenvalue weighted by molar-refractivity contribution is 0.0932. The highest BCUT2D eigenvalue weighted by Crippen LogP contribution is 2.12. The number of hydrogen-bond acceptors (Lipinski definition) is 1. The second-order valence-electron chi connectivity index (χ2n) is 4.61. The summed E-state index contributed by atoms with van der Waals surface area (Å²) in [5.74, 6) is 0.0389. The molecule has 0 fully saturated rings. The highest BCUT2D eigenvalue weighted by molar-refractivity contribution is 9.10. The summed E-state index contributed by atoms with van der Waals surface area (Å²) in [5.41, 5.74) is 0.732. The third-order valence-electron chi connectivity index (χ3n) is 2.98. The number of hydrogen-bond donors (Lipinski definition) is 1. The number of benzene rings is 1. The Kier molecular flexibility index (Phi) is 7.02. The van der Waals surface area contributed by atoms with Gasteiger partial charge in [-0.05, 0) is 37.1 Å². The van der Waals surface area contributed by atoms with E-state index >= 15 is 0 Å². The first-order valence-electron chi connectivity index (χ1n) is 6.73. The summed E-state index contributed by atoms with van der Waals surface area (Å²) >= 11 is 3.37. The molecule has 2 nitrogen and oxygen atoms in total. The molecule has 0 aliphatic rings. The third-order valence-corrected chi connectivity index (χ3v) is 3.51. The van der Waals surface area contributed by atoms with Crippen molar-refractivity contribution in [2.24, 2.45) is 0 Å². The minimum atomic E-state index is 0.0389. The normalized spacial score (nSPS) is 12.2. The van der Waals surface area contributed by atoms with E-state index < -0.39 is 0 Å². The Morgan fingerprint density at radius 2 is 1.83 bits per heavy atom. The van der Waals surface area contributed by atoms with E-state index in [4.69, 9.17) is 0 Å². The second-order valence-corrected chi connectivity index (χ2v) is 5.52. The minimum Gasteiger partial charge on any atom is -0.349 e. The van der Waals surface area contributed by atoms with Crippen LogP contribution >= 0.6 is 15.9 Å². The van der Waals surface area contributed by atoms with E-state index in [1.807, 2.05) is 24.3 Å². The van der Waals surface area contributed by atoms with Crippen molar-refractivity contribution in [2.45, 2.75) is 52.0 Å². The highest BCUT2D eigenvalue weighted by Gasteiger charge is 2.12. The Bertz CT molecular complexity index is 361. The van der Waals surface area contributed by atoms with Crippen LogP contribution in [0.5, 0.6) is 0 Å². The smallest absolute Gasteiger partial charge is 0.251 e. The number of halogens is 1. The maximum absolute atomic E-state index is 12.1. The van der Waals surface area contributed by atoms with Crippen LogP contribution in [0.25, 0.3) is 0 Å². The Morgan fingerprint density at radius 3 is 2.39 bits per heavy atom. The molecular weight excluding hydrogens is 290 g/mol. The highest BCUT2D eigenvalue weighted by atomic mass is 79.9. The summed E-state index contributed by atoms with van der Waals surface area (Å²) in [6, 6.07) is 7.81. The molecule has 1 unspecified atom stereocenters. The molecule has 0 bridgehead atoms. The Labute approximate surface area is 118 Å². The first kappa shape index (κ1) is 15.2. The van der Waals surface area contributed by atoms with Crippen LogP contribution in [0.15, 0.2) is 28.7 Å². The van der Waals surface area contributed by atoms with E-state index in [-0.39, 0.29) is 5.91 Å². The van der Waals surface area contributed by atoms with Crippen molar-refractivity contribution in [3.05, 3.63) is 34.3 Å². The van der Waals surface area contributed by atoms with Crippen molar-refractivity contribution < 1.29 is 4.79 Å². The first-order valence-corrected chi connectivity index (χ1v) is 7.53. The van der Waals surface area contributed by atoms with E-state index in [1.54, 1.807) is 0 Å². The molecule has 0 aliphatic carbocycles. The lowest BCUT2D eigenvalue weighted by Crippen LogP contribution is -2.34. The van der Waals surface area contributed by atoms with Gasteiger partial charge in [-0.3, -0.25) is 4.79 Å². The Morgan fingerprint density at radius 1 is 1.17 bits per heavy atom. The van der Waals surface area contributed by atoms with Gasteiger partial charge in [-0.25, -0.2) is 0 Å². The van der Waals surface area contributed by atoms with E-state index in [1.165, 1.54) is 12.8 Å². The maximum Gasteiger partial charge on any atom is 0.251 e. The van der Waals surface area contributed by atoms with Crippen molar-refractivity contribution in [2.75, 3.05) is 0 Å². The fraction of sp³-hybridized carbons (Fsp3) is 0.533. The van der Waals surface area contributed by atoms with Crippen LogP contribution in [-0.2, 0) is 0 Å². The number of rotatable bonds is 7. The van der Waals surface area contributed by atoms with Crippen LogP contribution in [-0.4, -0.2) is 11.9 Å². The molecule has 0 saturated carbocycles. The molecular formula is C15H22BrNO. The van der Waals surface area contributed by atoms with Crippen molar-refractivity contribution >= 4 is 21.8 Å². The zero-order valence-electron chi connectivity index (χ0n) is 11.2. The standard InChI is InChI=1S/C15H22BrNO/c1-3-5-7-14(6-4-2)17-15(18)12-8-10-13(16)11-9-12/h8-11,14H,3-7H2,1-2H3,(H,17,18). The van der Waals surface area contributed by atoms with Crippen LogP contribution in [0.4, 0.5) is 0 Å². The fourth-order valence-electron chi connectivity index (χ4n) is 1.96. The average Bonchev–Trinajstić information content (AvgIpc) is 2.37. The summed E-state index contributed by atoms with van der Waals surface area (Å²) in [5, 5.41) is 3.13. The summed E-state index contributed by atoms with van der Waals surface area (Å²) < 4.78 is 0.996. The zero-order chi connectivity index (χ0) is 13.4. The molecule has 1 atom stereocenters. The van der Waals surface area contributed by atoms with Gasteiger partial charge in [0, 0.05) is 16.1 Å². The lowest BCUT2D eigenvalue weighted by atomic mass is 10.0. The molecule has 1 N–H and O–H groups in total. The predicted octanol–water partition coefficient (Wildman–Crippen LogP) is 4.54. The second kappa shape index (κ2) is 8.30. The van der Waals surface area contributed by atoms with Gasteiger partial charge in [-0.15, -0.1) is 0 Å². The topological polar surface area (TPSA) is 29.1 Å². The molecule has 0 aromatic heterocycles. The third kappa shape index (κ3) is 5.21. The summed E-state index contributed by atoms with van der Waals surface area (Å²) in [6.45, 7) is 4.34. The van der Waals surface area contributed by atoms with Crippen molar-refractivity contribution in [1.82, 2.24) is 5.32 Å². The van der Waals surface area contributed by atoms with Gasteiger partial charge < -0.3 is 5.32 Å². The summed E-state index contributed by atoms with van der Waals surface area (Å²) in [6.07, 6.45) is 5.59. The van der Waals surface area contributed by atoms with Gasteiger partial charge in [0.25, 0.3) is 5.91 Å². The quantitative estimate of drug-likeness (QED) is 0.787. The Hall–Kier alpha value is -0.830. The molecule has 1 amide bonds. The Balaban J connectivity index is 2.56. The van der Waals surface area contributed by atoms with E-state index in [9.17, 15) is 4.79 Å². The van der Waals surface area contributed by atoms with Gasteiger partial charge in [0.2, 0.25) is 0 Å². The van der Waals surface area contributed by atoms with Gasteiger partial charge >= 0.3 is 0 Å². The fourth-order valence-corrected chi connectivity index (χ4v) is 2.22. The van der Waals surface area contributed by atoms with Gasteiger partial charge in [0.05, 0.1) is 0 Å². The van der Waals surface area contributed by atoms with Crippen molar-refractivity contribution in [1.29, 1.82) is 0 Å². The largest absolute Gasteiger partial charge is 0.349 e. The lowest BCUT2D eigenvalue weighted by Gasteiger charge is -2.17.